The number of nitro groups is 1. The number of benzene rings is 2. The zero-order valence-electron chi connectivity index (χ0n) is 13.0. The first-order chi connectivity index (χ1) is 11.4. The summed E-state index contributed by atoms with van der Waals surface area (Å²) in [5.41, 5.74) is 0.451. The van der Waals surface area contributed by atoms with E-state index in [-0.39, 0.29) is 22.8 Å². The average molecular weight is 351 g/mol. The van der Waals surface area contributed by atoms with Crippen LogP contribution in [-0.2, 0) is 11.2 Å². The second-order valence-corrected chi connectivity index (χ2v) is 5.26. The van der Waals surface area contributed by atoms with Gasteiger partial charge in [0, 0.05) is 22.7 Å². The van der Waals surface area contributed by atoms with Crippen LogP contribution >= 0.6 is 11.6 Å². The predicted octanol–water partition coefficient (Wildman–Crippen LogP) is 3.45. The Morgan fingerprint density at radius 1 is 1.21 bits per heavy atom. The maximum Gasteiger partial charge on any atom is 0.294 e. The van der Waals surface area contributed by atoms with Gasteiger partial charge in [-0.15, -0.1) is 0 Å². The van der Waals surface area contributed by atoms with Gasteiger partial charge in [0.15, 0.2) is 0 Å². The molecular formula is C16H15ClN2O5. The van der Waals surface area contributed by atoms with Crippen molar-refractivity contribution in [3.8, 4) is 11.5 Å². The number of ether oxygens (including phenoxy) is 2. The first kappa shape index (κ1) is 17.6. The summed E-state index contributed by atoms with van der Waals surface area (Å²) in [6.07, 6.45) is -0.00700. The number of hydrogen-bond donors (Lipinski definition) is 1. The fourth-order valence-electron chi connectivity index (χ4n) is 2.13. The van der Waals surface area contributed by atoms with Crippen molar-refractivity contribution in [1.82, 2.24) is 0 Å². The third-order valence-corrected chi connectivity index (χ3v) is 3.51. The van der Waals surface area contributed by atoms with E-state index in [0.29, 0.717) is 17.1 Å². The van der Waals surface area contributed by atoms with Gasteiger partial charge in [-0.05, 0) is 18.2 Å². The highest BCUT2D eigenvalue weighted by molar-refractivity contribution is 6.31. The molecule has 0 saturated carbocycles. The van der Waals surface area contributed by atoms with Gasteiger partial charge in [0.25, 0.3) is 5.69 Å². The van der Waals surface area contributed by atoms with E-state index in [2.05, 4.69) is 5.32 Å². The Hall–Kier alpha value is -2.80. The Labute approximate surface area is 143 Å². The lowest BCUT2D eigenvalue weighted by Crippen LogP contribution is -2.16. The topological polar surface area (TPSA) is 90.7 Å². The molecule has 0 aromatic heterocycles. The van der Waals surface area contributed by atoms with Crippen LogP contribution in [0.3, 0.4) is 0 Å². The lowest BCUT2D eigenvalue weighted by atomic mass is 10.1. The third kappa shape index (κ3) is 4.14. The highest BCUT2D eigenvalue weighted by Crippen LogP contribution is 2.29. The molecule has 1 N–H and O–H groups in total. The first-order valence-corrected chi connectivity index (χ1v) is 7.27. The first-order valence-electron chi connectivity index (χ1n) is 6.89. The van der Waals surface area contributed by atoms with Gasteiger partial charge in [-0.3, -0.25) is 14.9 Å². The number of hydrogen-bond acceptors (Lipinski definition) is 5. The molecule has 7 nitrogen and oxygen atoms in total. The summed E-state index contributed by atoms with van der Waals surface area (Å²) in [5, 5.41) is 13.8. The normalized spacial score (nSPS) is 10.1. The van der Waals surface area contributed by atoms with Crippen LogP contribution in [-0.4, -0.2) is 25.1 Å². The van der Waals surface area contributed by atoms with Crippen molar-refractivity contribution >= 4 is 28.9 Å². The second-order valence-electron chi connectivity index (χ2n) is 4.82. The minimum absolute atomic E-state index is 0.00700. The number of carbonyl (C=O) groups is 1. The number of halogens is 1. The summed E-state index contributed by atoms with van der Waals surface area (Å²) in [7, 11) is 3.01. The molecule has 0 bridgehead atoms. The van der Waals surface area contributed by atoms with Crippen LogP contribution in [0, 0.1) is 10.1 Å². The fourth-order valence-corrected chi connectivity index (χ4v) is 2.29. The minimum Gasteiger partial charge on any atom is -0.497 e. The van der Waals surface area contributed by atoms with Crippen molar-refractivity contribution in [1.29, 1.82) is 0 Å². The molecule has 0 heterocycles. The average Bonchev–Trinajstić information content (AvgIpc) is 2.56. The van der Waals surface area contributed by atoms with Gasteiger partial charge in [-0.1, -0.05) is 17.7 Å². The van der Waals surface area contributed by atoms with Crippen molar-refractivity contribution in [2.24, 2.45) is 0 Å². The van der Waals surface area contributed by atoms with Crippen LogP contribution in [0.15, 0.2) is 36.4 Å². The van der Waals surface area contributed by atoms with Crippen LogP contribution in [0.1, 0.15) is 5.56 Å². The van der Waals surface area contributed by atoms with E-state index in [9.17, 15) is 14.9 Å². The van der Waals surface area contributed by atoms with Crippen molar-refractivity contribution < 1.29 is 19.2 Å². The Morgan fingerprint density at radius 2 is 1.96 bits per heavy atom. The van der Waals surface area contributed by atoms with Crippen LogP contribution < -0.4 is 14.8 Å². The van der Waals surface area contributed by atoms with Gasteiger partial charge in [0.2, 0.25) is 5.91 Å². The van der Waals surface area contributed by atoms with Crippen LogP contribution in [0.25, 0.3) is 0 Å². The van der Waals surface area contributed by atoms with E-state index in [1.807, 2.05) is 0 Å². The molecule has 0 atom stereocenters. The molecule has 2 aromatic rings. The summed E-state index contributed by atoms with van der Waals surface area (Å²) >= 11 is 5.75. The second kappa shape index (κ2) is 7.65. The molecule has 2 aromatic carbocycles. The molecule has 1 amide bonds. The molecule has 0 aliphatic rings. The van der Waals surface area contributed by atoms with E-state index < -0.39 is 10.8 Å². The number of amides is 1. The minimum atomic E-state index is -0.602. The highest BCUT2D eigenvalue weighted by atomic mass is 35.5. The quantitative estimate of drug-likeness (QED) is 0.636. The molecule has 0 unspecified atom stereocenters. The maximum atomic E-state index is 12.2. The van der Waals surface area contributed by atoms with E-state index in [0.717, 1.165) is 0 Å². The molecular weight excluding hydrogens is 336 g/mol. The third-order valence-electron chi connectivity index (χ3n) is 3.28. The van der Waals surface area contributed by atoms with E-state index in [1.165, 1.54) is 32.4 Å². The molecule has 0 fully saturated rings. The molecule has 126 valence electrons. The summed E-state index contributed by atoms with van der Waals surface area (Å²) in [5.74, 6) is 0.684. The number of nitro benzene ring substituents is 1. The van der Waals surface area contributed by atoms with Crippen molar-refractivity contribution in [2.45, 2.75) is 6.42 Å². The lowest BCUT2D eigenvalue weighted by Gasteiger charge is -2.11. The van der Waals surface area contributed by atoms with Gasteiger partial charge in [0.1, 0.15) is 17.2 Å². The number of methoxy groups -OCH3 is 2. The molecule has 8 heteroatoms. The molecule has 0 aliphatic carbocycles. The number of anilines is 1. The van der Waals surface area contributed by atoms with Gasteiger partial charge < -0.3 is 14.8 Å². The monoisotopic (exact) mass is 350 g/mol. The summed E-state index contributed by atoms with van der Waals surface area (Å²) in [4.78, 5) is 22.7. The molecule has 0 aliphatic heterocycles. The molecule has 0 spiro atoms. The maximum absolute atomic E-state index is 12.2. The van der Waals surface area contributed by atoms with E-state index in [4.69, 9.17) is 21.1 Å². The van der Waals surface area contributed by atoms with E-state index in [1.54, 1.807) is 18.2 Å². The summed E-state index contributed by atoms with van der Waals surface area (Å²) < 4.78 is 10.3. The van der Waals surface area contributed by atoms with Crippen LogP contribution in [0.2, 0.25) is 5.02 Å². The molecule has 2 rings (SSSR count). The Bertz CT molecular complexity index is 779. The largest absolute Gasteiger partial charge is 0.497 e. The summed E-state index contributed by atoms with van der Waals surface area (Å²) in [6, 6.07) is 9.11. The number of nitrogens with one attached hydrogen (secondary N) is 1. The van der Waals surface area contributed by atoms with Gasteiger partial charge in [0.05, 0.1) is 25.6 Å². The number of carbonyl (C=O) groups excluding carboxylic acids is 1. The van der Waals surface area contributed by atoms with Crippen molar-refractivity contribution in [3.63, 3.8) is 0 Å². The van der Waals surface area contributed by atoms with Crippen LogP contribution in [0.5, 0.6) is 11.5 Å². The zero-order valence-corrected chi connectivity index (χ0v) is 13.8. The standard InChI is InChI=1S/C16H15ClN2O5/c1-23-12-5-3-10(15(9-12)24-2)7-16(20)18-13-6-4-11(17)8-14(13)19(21)22/h3-6,8-9H,7H2,1-2H3,(H,18,20). The van der Waals surface area contributed by atoms with Crippen LogP contribution in [0.4, 0.5) is 11.4 Å². The van der Waals surface area contributed by atoms with Gasteiger partial charge >= 0.3 is 0 Å². The number of rotatable bonds is 6. The van der Waals surface area contributed by atoms with Gasteiger partial charge in [-0.2, -0.15) is 0 Å². The molecule has 0 saturated heterocycles. The Balaban J connectivity index is 2.19. The summed E-state index contributed by atoms with van der Waals surface area (Å²) in [6.45, 7) is 0. The van der Waals surface area contributed by atoms with Gasteiger partial charge in [-0.25, -0.2) is 0 Å². The van der Waals surface area contributed by atoms with Crippen molar-refractivity contribution in [2.75, 3.05) is 19.5 Å². The number of nitrogens with zero attached hydrogens (tertiary/aromatic N) is 1. The molecule has 0 radical (unpaired) electrons. The smallest absolute Gasteiger partial charge is 0.294 e. The Morgan fingerprint density at radius 3 is 2.58 bits per heavy atom. The predicted molar refractivity (Wildman–Crippen MR) is 90.0 cm³/mol. The SMILES string of the molecule is COc1ccc(CC(=O)Nc2ccc(Cl)cc2[N+](=O)[O-])c(OC)c1. The lowest BCUT2D eigenvalue weighted by molar-refractivity contribution is -0.383. The fraction of sp³-hybridized carbons (Fsp3) is 0.188. The Kier molecular flexibility index (Phi) is 5.59. The zero-order chi connectivity index (χ0) is 17.7. The van der Waals surface area contributed by atoms with Crippen molar-refractivity contribution in [3.05, 3.63) is 57.1 Å². The van der Waals surface area contributed by atoms with E-state index >= 15 is 0 Å². The highest BCUT2D eigenvalue weighted by Gasteiger charge is 2.17. The molecule has 24 heavy (non-hydrogen) atoms.